The largest absolute Gasteiger partial charge is 0.478 e. The predicted octanol–water partition coefficient (Wildman–Crippen LogP) is 4.02. The van der Waals surface area contributed by atoms with Crippen LogP contribution >= 0.6 is 0 Å². The Balaban J connectivity index is 1.68. The summed E-state index contributed by atoms with van der Waals surface area (Å²) in [6, 6.07) is 18.6. The van der Waals surface area contributed by atoms with Crippen molar-refractivity contribution in [3.8, 4) is 17.6 Å². The van der Waals surface area contributed by atoms with E-state index in [1.165, 1.54) is 16.9 Å². The molecule has 0 saturated carbocycles. The zero-order valence-corrected chi connectivity index (χ0v) is 15.0. The fourth-order valence-electron chi connectivity index (χ4n) is 2.92. The number of aromatic carboxylic acids is 1. The summed E-state index contributed by atoms with van der Waals surface area (Å²) < 4.78 is 7.11. The topological polar surface area (TPSA) is 126 Å². The lowest BCUT2D eigenvalue weighted by Gasteiger charge is -2.12. The number of para-hydroxylation sites is 1. The Hall–Kier alpha value is -4.51. The van der Waals surface area contributed by atoms with Gasteiger partial charge in [-0.05, 0) is 36.4 Å². The zero-order valence-electron chi connectivity index (χ0n) is 15.0. The zero-order chi connectivity index (χ0) is 20.4. The first kappa shape index (κ1) is 17.9. The first-order valence-corrected chi connectivity index (χ1v) is 8.60. The molecule has 0 aliphatic heterocycles. The van der Waals surface area contributed by atoms with Crippen molar-refractivity contribution >= 4 is 28.5 Å². The Morgan fingerprint density at radius 2 is 1.83 bits per heavy atom. The van der Waals surface area contributed by atoms with E-state index in [0.29, 0.717) is 22.6 Å². The van der Waals surface area contributed by atoms with E-state index < -0.39 is 5.97 Å². The number of nitrogens with zero attached hydrogens (tertiary/aromatic N) is 3. The average molecular weight is 385 g/mol. The van der Waals surface area contributed by atoms with E-state index in [4.69, 9.17) is 10.5 Å². The highest BCUT2D eigenvalue weighted by molar-refractivity contribution is 6.03. The second kappa shape index (κ2) is 7.25. The molecule has 0 bridgehead atoms. The van der Waals surface area contributed by atoms with Gasteiger partial charge in [-0.2, -0.15) is 10.4 Å². The summed E-state index contributed by atoms with van der Waals surface area (Å²) in [5, 5.41) is 26.0. The number of hydrogen-bond acceptors (Lipinski definition) is 6. The second-order valence-corrected chi connectivity index (χ2v) is 6.16. The number of nitriles is 1. The summed E-state index contributed by atoms with van der Waals surface area (Å²) in [6.07, 6.45) is 2.67. The third-order valence-corrected chi connectivity index (χ3v) is 4.30. The molecule has 4 rings (SSSR count). The Morgan fingerprint density at radius 3 is 2.48 bits per heavy atom. The molecule has 0 atom stereocenters. The number of nitrogens with one attached hydrogen (secondary N) is 1. The number of hydrogen-bond donors (Lipinski definition) is 3. The monoisotopic (exact) mass is 385 g/mol. The number of nitrogen functional groups attached to an aromatic ring is 1. The molecule has 0 aliphatic carbocycles. The second-order valence-electron chi connectivity index (χ2n) is 6.16. The van der Waals surface area contributed by atoms with Crippen LogP contribution in [0.5, 0.6) is 11.5 Å². The van der Waals surface area contributed by atoms with Crippen LogP contribution < -0.4 is 15.8 Å². The van der Waals surface area contributed by atoms with Gasteiger partial charge in [-0.3, -0.25) is 0 Å². The Kier molecular flexibility index (Phi) is 4.47. The molecule has 0 unspecified atom stereocenters. The van der Waals surface area contributed by atoms with Crippen LogP contribution in [0.15, 0.2) is 67.0 Å². The number of aromatic nitrogens is 2. The van der Waals surface area contributed by atoms with Gasteiger partial charge in [0, 0.05) is 11.9 Å². The van der Waals surface area contributed by atoms with Gasteiger partial charge in [0.2, 0.25) is 0 Å². The normalized spacial score (nSPS) is 10.4. The number of ether oxygens (including phenoxy) is 1. The number of anilines is 3. The predicted molar refractivity (Wildman–Crippen MR) is 108 cm³/mol. The lowest BCUT2D eigenvalue weighted by atomic mass is 10.2. The molecule has 2 aromatic carbocycles. The molecule has 2 aromatic heterocycles. The molecular weight excluding hydrogens is 370 g/mol. The van der Waals surface area contributed by atoms with Crippen molar-refractivity contribution < 1.29 is 14.6 Å². The molecule has 0 aliphatic rings. The summed E-state index contributed by atoms with van der Waals surface area (Å²) in [5.74, 6) is 0.204. The van der Waals surface area contributed by atoms with Gasteiger partial charge >= 0.3 is 5.97 Å². The summed E-state index contributed by atoms with van der Waals surface area (Å²) in [4.78, 5) is 11.4. The number of carboxylic acids is 1. The lowest BCUT2D eigenvalue weighted by molar-refractivity contribution is 0.0698. The van der Waals surface area contributed by atoms with Crippen LogP contribution in [0, 0.1) is 11.3 Å². The number of carbonyl (C=O) groups is 1. The first-order valence-electron chi connectivity index (χ1n) is 8.60. The SMILES string of the molecule is N#Cc1cnn2cc(C(=O)O)c(N)c2c1Nc1ccc(Oc2ccccc2)cc1. The molecule has 4 N–H and O–H groups in total. The number of benzene rings is 2. The van der Waals surface area contributed by atoms with Crippen LogP contribution in [-0.2, 0) is 0 Å². The first-order chi connectivity index (χ1) is 14.1. The summed E-state index contributed by atoms with van der Waals surface area (Å²) in [5.41, 5.74) is 7.59. The molecule has 142 valence electrons. The van der Waals surface area contributed by atoms with E-state index in [0.717, 1.165) is 5.75 Å². The summed E-state index contributed by atoms with van der Waals surface area (Å²) in [7, 11) is 0. The smallest absolute Gasteiger partial charge is 0.339 e. The van der Waals surface area contributed by atoms with Gasteiger partial charge in [-0.25, -0.2) is 9.31 Å². The van der Waals surface area contributed by atoms with Gasteiger partial charge in [0.05, 0.1) is 23.1 Å². The third-order valence-electron chi connectivity index (χ3n) is 4.30. The maximum Gasteiger partial charge on any atom is 0.339 e. The van der Waals surface area contributed by atoms with E-state index >= 15 is 0 Å². The van der Waals surface area contributed by atoms with Gasteiger partial charge in [0.1, 0.15) is 28.6 Å². The fourth-order valence-corrected chi connectivity index (χ4v) is 2.92. The van der Waals surface area contributed by atoms with Crippen LogP contribution in [-0.4, -0.2) is 20.7 Å². The molecule has 4 aromatic rings. The van der Waals surface area contributed by atoms with Crippen LogP contribution in [0.3, 0.4) is 0 Å². The van der Waals surface area contributed by atoms with Crippen molar-refractivity contribution in [3.63, 3.8) is 0 Å². The molecule has 0 spiro atoms. The average Bonchev–Trinajstić information content (AvgIpc) is 3.08. The third kappa shape index (κ3) is 3.40. The molecular formula is C21H15N5O3. The minimum absolute atomic E-state index is 0.0358. The maximum absolute atomic E-state index is 11.4. The Bertz CT molecular complexity index is 1240. The van der Waals surface area contributed by atoms with Gasteiger partial charge in [0.15, 0.2) is 0 Å². The van der Waals surface area contributed by atoms with E-state index in [-0.39, 0.29) is 16.8 Å². The standard InChI is InChI=1S/C21H15N5O3/c22-10-13-11-24-26-12-17(21(27)28)18(23)20(26)19(13)25-14-6-8-16(9-7-14)29-15-4-2-1-3-5-15/h1-9,11-12,25H,23H2,(H,27,28). The number of carboxylic acid groups (broad SMARTS) is 1. The summed E-state index contributed by atoms with van der Waals surface area (Å²) >= 11 is 0. The minimum atomic E-state index is -1.17. The van der Waals surface area contributed by atoms with Crippen molar-refractivity contribution in [2.24, 2.45) is 0 Å². The fraction of sp³-hybridized carbons (Fsp3) is 0. The van der Waals surface area contributed by atoms with Crippen molar-refractivity contribution in [1.29, 1.82) is 5.26 Å². The number of fused-ring (bicyclic) bond motifs is 1. The maximum atomic E-state index is 11.4. The van der Waals surface area contributed by atoms with Gasteiger partial charge in [0.25, 0.3) is 0 Å². The van der Waals surface area contributed by atoms with Crippen molar-refractivity contribution in [2.75, 3.05) is 11.1 Å². The van der Waals surface area contributed by atoms with Crippen LogP contribution in [0.2, 0.25) is 0 Å². The highest BCUT2D eigenvalue weighted by Crippen LogP contribution is 2.33. The molecule has 29 heavy (non-hydrogen) atoms. The van der Waals surface area contributed by atoms with Crippen LogP contribution in [0.1, 0.15) is 15.9 Å². The molecule has 0 saturated heterocycles. The van der Waals surface area contributed by atoms with Gasteiger partial charge < -0.3 is 20.9 Å². The van der Waals surface area contributed by atoms with Crippen molar-refractivity contribution in [3.05, 3.63) is 78.1 Å². The van der Waals surface area contributed by atoms with Gasteiger partial charge in [-0.1, -0.05) is 18.2 Å². The molecule has 0 fully saturated rings. The lowest BCUT2D eigenvalue weighted by Crippen LogP contribution is -2.02. The van der Waals surface area contributed by atoms with Crippen molar-refractivity contribution in [1.82, 2.24) is 9.61 Å². The number of nitrogens with two attached hydrogens (primary N) is 1. The van der Waals surface area contributed by atoms with E-state index in [2.05, 4.69) is 16.5 Å². The summed E-state index contributed by atoms with van der Waals surface area (Å²) in [6.45, 7) is 0. The molecule has 8 heteroatoms. The Morgan fingerprint density at radius 1 is 1.14 bits per heavy atom. The van der Waals surface area contributed by atoms with E-state index in [1.54, 1.807) is 24.3 Å². The molecule has 0 radical (unpaired) electrons. The van der Waals surface area contributed by atoms with E-state index in [1.807, 2.05) is 30.3 Å². The molecule has 0 amide bonds. The van der Waals surface area contributed by atoms with E-state index in [9.17, 15) is 15.2 Å². The van der Waals surface area contributed by atoms with Crippen LogP contribution in [0.25, 0.3) is 5.52 Å². The number of rotatable bonds is 5. The van der Waals surface area contributed by atoms with Crippen LogP contribution in [0.4, 0.5) is 17.1 Å². The highest BCUT2D eigenvalue weighted by atomic mass is 16.5. The van der Waals surface area contributed by atoms with Crippen molar-refractivity contribution in [2.45, 2.75) is 0 Å². The van der Waals surface area contributed by atoms with Gasteiger partial charge in [-0.15, -0.1) is 0 Å². The minimum Gasteiger partial charge on any atom is -0.478 e. The highest BCUT2D eigenvalue weighted by Gasteiger charge is 2.20. The quantitative estimate of drug-likeness (QED) is 0.473. The Labute approximate surface area is 165 Å². The molecule has 2 heterocycles. The molecule has 8 nitrogen and oxygen atoms in total.